The number of thioether (sulfide) groups is 1. The van der Waals surface area contributed by atoms with Crippen molar-refractivity contribution < 1.29 is 4.79 Å². The Balaban J connectivity index is 1.87. The first-order chi connectivity index (χ1) is 12.8. The minimum absolute atomic E-state index is 0.152. The molecule has 0 radical (unpaired) electrons. The Labute approximate surface area is 158 Å². The predicted molar refractivity (Wildman–Crippen MR) is 103 cm³/mol. The predicted octanol–water partition coefficient (Wildman–Crippen LogP) is 0.815. The van der Waals surface area contributed by atoms with Gasteiger partial charge in [0.1, 0.15) is 11.4 Å². The number of nitrogens with two attached hydrogens (primary N) is 1. The maximum atomic E-state index is 12.8. The van der Waals surface area contributed by atoms with E-state index in [0.717, 1.165) is 26.5 Å². The number of hydrogen-bond acceptors (Lipinski definition) is 7. The van der Waals surface area contributed by atoms with E-state index in [0.29, 0.717) is 11.0 Å². The van der Waals surface area contributed by atoms with Gasteiger partial charge in [-0.1, -0.05) is 42.1 Å². The monoisotopic (exact) mass is 386 g/mol. The lowest BCUT2D eigenvalue weighted by Crippen LogP contribution is -2.42. The van der Waals surface area contributed by atoms with Crippen LogP contribution in [-0.2, 0) is 14.1 Å². The molecule has 140 valence electrons. The van der Waals surface area contributed by atoms with Crippen LogP contribution in [-0.4, -0.2) is 35.3 Å². The van der Waals surface area contributed by atoms with E-state index < -0.39 is 22.3 Å². The van der Waals surface area contributed by atoms with Gasteiger partial charge in [-0.15, -0.1) is 5.10 Å². The van der Waals surface area contributed by atoms with Crippen LogP contribution < -0.4 is 17.0 Å². The third-order valence-electron chi connectivity index (χ3n) is 4.12. The smallest absolute Gasteiger partial charge is 0.332 e. The van der Waals surface area contributed by atoms with Crippen molar-refractivity contribution in [2.75, 3.05) is 5.73 Å². The second kappa shape index (κ2) is 7.23. The van der Waals surface area contributed by atoms with Gasteiger partial charge in [-0.05, 0) is 6.92 Å². The zero-order valence-corrected chi connectivity index (χ0v) is 15.8. The van der Waals surface area contributed by atoms with E-state index in [1.54, 1.807) is 6.92 Å². The Morgan fingerprint density at radius 1 is 1.19 bits per heavy atom. The summed E-state index contributed by atoms with van der Waals surface area (Å²) in [5.41, 5.74) is 5.20. The number of carbonyl (C=O) groups excluding carboxylic acids is 1. The first kappa shape index (κ1) is 18.6. The van der Waals surface area contributed by atoms with E-state index in [9.17, 15) is 14.4 Å². The molecule has 3 N–H and O–H groups in total. The Kier molecular flexibility index (Phi) is 5.00. The molecule has 9 nitrogen and oxygen atoms in total. The van der Waals surface area contributed by atoms with Gasteiger partial charge in [-0.2, -0.15) is 0 Å². The molecule has 2 heterocycles. The average Bonchev–Trinajstić information content (AvgIpc) is 3.14. The number of nitrogens with one attached hydrogen (secondary N) is 1. The van der Waals surface area contributed by atoms with Crippen LogP contribution in [0.2, 0.25) is 0 Å². The third-order valence-corrected chi connectivity index (χ3v) is 5.08. The van der Waals surface area contributed by atoms with Crippen molar-refractivity contribution in [1.82, 2.24) is 24.3 Å². The van der Waals surface area contributed by atoms with Gasteiger partial charge < -0.3 is 5.73 Å². The Bertz CT molecular complexity index is 1120. The van der Waals surface area contributed by atoms with E-state index in [1.165, 1.54) is 14.1 Å². The molecule has 0 spiro atoms. The quantitative estimate of drug-likeness (QED) is 0.490. The number of rotatable bonds is 5. The molecule has 0 aliphatic carbocycles. The summed E-state index contributed by atoms with van der Waals surface area (Å²) in [4.78, 5) is 41.4. The standard InChI is InChI=1S/C17H18N6O3S/c1-9(12(24)11-13(18)22(2)17(26)23(3)15(11)25)27-16-19-14(20-21-16)10-7-5-4-6-8-10/h4-9H,18H2,1-3H3,(H,19,20,21)/t9-/m0/s1. The lowest BCUT2D eigenvalue weighted by atomic mass is 10.1. The Morgan fingerprint density at radius 3 is 2.52 bits per heavy atom. The number of aromatic amines is 1. The first-order valence-corrected chi connectivity index (χ1v) is 8.93. The van der Waals surface area contributed by atoms with Crippen molar-refractivity contribution >= 4 is 23.4 Å². The van der Waals surface area contributed by atoms with Gasteiger partial charge >= 0.3 is 5.69 Å². The van der Waals surface area contributed by atoms with Gasteiger partial charge in [-0.25, -0.2) is 9.78 Å². The summed E-state index contributed by atoms with van der Waals surface area (Å²) in [5.74, 6) is -0.0597. The number of hydrogen-bond donors (Lipinski definition) is 2. The van der Waals surface area contributed by atoms with Crippen LogP contribution in [0.4, 0.5) is 5.82 Å². The van der Waals surface area contributed by atoms with E-state index in [1.807, 2.05) is 30.3 Å². The van der Waals surface area contributed by atoms with Crippen molar-refractivity contribution in [1.29, 1.82) is 0 Å². The van der Waals surface area contributed by atoms with Gasteiger partial charge in [0.2, 0.25) is 5.16 Å². The first-order valence-electron chi connectivity index (χ1n) is 8.05. The lowest BCUT2D eigenvalue weighted by Gasteiger charge is -2.13. The van der Waals surface area contributed by atoms with Gasteiger partial charge in [0.05, 0.1) is 5.25 Å². The summed E-state index contributed by atoms with van der Waals surface area (Å²) in [7, 11) is 2.72. The number of carbonyl (C=O) groups is 1. The van der Waals surface area contributed by atoms with E-state index in [2.05, 4.69) is 15.2 Å². The number of anilines is 1. The summed E-state index contributed by atoms with van der Waals surface area (Å²) >= 11 is 1.10. The zero-order chi connectivity index (χ0) is 19.7. The van der Waals surface area contributed by atoms with Gasteiger partial charge in [-0.3, -0.25) is 23.8 Å². The SMILES string of the molecule is C[C@H](Sc1n[nH]c(-c2ccccc2)n1)C(=O)c1c(N)n(C)c(=O)n(C)c1=O. The molecule has 0 saturated heterocycles. The number of ketones is 1. The number of H-pyrrole nitrogens is 1. The molecule has 0 aliphatic heterocycles. The second-order valence-electron chi connectivity index (χ2n) is 5.92. The topological polar surface area (TPSA) is 129 Å². The molecule has 0 aliphatic rings. The van der Waals surface area contributed by atoms with Crippen molar-refractivity contribution in [3.63, 3.8) is 0 Å². The summed E-state index contributed by atoms with van der Waals surface area (Å²) in [6, 6.07) is 9.44. The fourth-order valence-electron chi connectivity index (χ4n) is 2.53. The van der Waals surface area contributed by atoms with E-state index in [-0.39, 0.29) is 11.4 Å². The van der Waals surface area contributed by atoms with Crippen LogP contribution in [0.25, 0.3) is 11.4 Å². The molecule has 0 unspecified atom stereocenters. The molecule has 10 heteroatoms. The highest BCUT2D eigenvalue weighted by Crippen LogP contribution is 2.25. The van der Waals surface area contributed by atoms with Crippen molar-refractivity contribution in [2.24, 2.45) is 14.1 Å². The number of nitrogens with zero attached hydrogens (tertiary/aromatic N) is 4. The maximum Gasteiger partial charge on any atom is 0.332 e. The summed E-state index contributed by atoms with van der Waals surface area (Å²) in [6.07, 6.45) is 0. The maximum absolute atomic E-state index is 12.8. The highest BCUT2D eigenvalue weighted by molar-refractivity contribution is 8.00. The molecule has 27 heavy (non-hydrogen) atoms. The molecule has 0 fully saturated rings. The van der Waals surface area contributed by atoms with Crippen LogP contribution in [0, 0.1) is 0 Å². The normalized spacial score (nSPS) is 12.1. The van der Waals surface area contributed by atoms with Crippen LogP contribution in [0.5, 0.6) is 0 Å². The number of nitrogen functional groups attached to an aromatic ring is 1. The Hall–Kier alpha value is -3.14. The fourth-order valence-corrected chi connectivity index (χ4v) is 3.31. The van der Waals surface area contributed by atoms with Crippen LogP contribution in [0.1, 0.15) is 17.3 Å². The highest BCUT2D eigenvalue weighted by Gasteiger charge is 2.26. The van der Waals surface area contributed by atoms with Crippen LogP contribution in [0.15, 0.2) is 45.1 Å². The zero-order valence-electron chi connectivity index (χ0n) is 15.0. The van der Waals surface area contributed by atoms with Gasteiger partial charge in [0.15, 0.2) is 11.6 Å². The van der Waals surface area contributed by atoms with Crippen molar-refractivity contribution in [3.05, 3.63) is 56.7 Å². The number of Topliss-reactive ketones (excluding diaryl/α,β-unsaturated/α-hetero) is 1. The average molecular weight is 386 g/mol. The molecular formula is C17H18N6O3S. The summed E-state index contributed by atoms with van der Waals surface area (Å²) in [6.45, 7) is 1.63. The van der Waals surface area contributed by atoms with Crippen molar-refractivity contribution in [3.8, 4) is 11.4 Å². The van der Waals surface area contributed by atoms with Gasteiger partial charge in [0, 0.05) is 19.7 Å². The van der Waals surface area contributed by atoms with Crippen molar-refractivity contribution in [2.45, 2.75) is 17.3 Å². The number of aromatic nitrogens is 5. The van der Waals surface area contributed by atoms with E-state index >= 15 is 0 Å². The molecule has 2 aromatic heterocycles. The molecule has 0 bridgehead atoms. The largest absolute Gasteiger partial charge is 0.384 e. The molecule has 1 aromatic carbocycles. The highest BCUT2D eigenvalue weighted by atomic mass is 32.2. The Morgan fingerprint density at radius 2 is 1.85 bits per heavy atom. The lowest BCUT2D eigenvalue weighted by molar-refractivity contribution is 0.0992. The minimum atomic E-state index is -0.715. The molecule has 1 atom stereocenters. The van der Waals surface area contributed by atoms with Crippen LogP contribution in [0.3, 0.4) is 0 Å². The van der Waals surface area contributed by atoms with Gasteiger partial charge in [0.25, 0.3) is 5.56 Å². The minimum Gasteiger partial charge on any atom is -0.384 e. The third kappa shape index (κ3) is 3.43. The molecule has 3 rings (SSSR count). The summed E-state index contributed by atoms with van der Waals surface area (Å²) in [5, 5.41) is 6.63. The molecule has 0 amide bonds. The van der Waals surface area contributed by atoms with E-state index in [4.69, 9.17) is 5.73 Å². The second-order valence-corrected chi connectivity index (χ2v) is 7.23. The summed E-state index contributed by atoms with van der Waals surface area (Å²) < 4.78 is 1.94. The fraction of sp³-hybridized carbons (Fsp3) is 0.235. The van der Waals surface area contributed by atoms with Crippen LogP contribution >= 0.6 is 11.8 Å². The molecule has 0 saturated carbocycles. The molecular weight excluding hydrogens is 368 g/mol. The number of benzene rings is 1. The molecule has 3 aromatic rings.